The first-order chi connectivity index (χ1) is 21.8. The van der Waals surface area contributed by atoms with E-state index in [2.05, 4.69) is 159 Å². The van der Waals surface area contributed by atoms with E-state index in [1.54, 1.807) is 27.4 Å². The monoisotopic (exact) mass is 752 g/mol. The zero-order chi connectivity index (χ0) is 33.3. The van der Waals surface area contributed by atoms with Crippen LogP contribution in [0.4, 0.5) is 0 Å². The third kappa shape index (κ3) is 12.2. The fraction of sp³-hybridized carbons (Fsp3) is 0.333. The topological polar surface area (TPSA) is 0 Å². The second kappa shape index (κ2) is 19.1. The molecule has 252 valence electrons. The number of hydrogen-bond donors (Lipinski definition) is 0. The number of aryl methyl sites for hydroxylation is 4. The Morgan fingerprint density at radius 3 is 1.40 bits per heavy atom. The van der Waals surface area contributed by atoms with Crippen LogP contribution in [-0.4, -0.2) is 3.21 Å². The summed E-state index contributed by atoms with van der Waals surface area (Å²) in [4.78, 5) is 0. The van der Waals surface area contributed by atoms with E-state index in [0.29, 0.717) is 0 Å². The van der Waals surface area contributed by atoms with Gasteiger partial charge in [0, 0.05) is 0 Å². The van der Waals surface area contributed by atoms with Crippen molar-refractivity contribution in [2.45, 2.75) is 98.3 Å². The van der Waals surface area contributed by atoms with E-state index in [1.165, 1.54) is 80.6 Å². The molecule has 6 rings (SSSR count). The van der Waals surface area contributed by atoms with Gasteiger partial charge < -0.3 is 24.8 Å². The van der Waals surface area contributed by atoms with Crippen molar-refractivity contribution in [3.8, 4) is 0 Å². The molecule has 0 aromatic heterocycles. The minimum absolute atomic E-state index is 0. The average Bonchev–Trinajstić information content (AvgIpc) is 3.70. The van der Waals surface area contributed by atoms with Crippen molar-refractivity contribution >= 4 is 24.8 Å². The Bertz CT molecular complexity index is 1660. The summed E-state index contributed by atoms with van der Waals surface area (Å²) in [6.07, 6.45) is 14.9. The van der Waals surface area contributed by atoms with Crippen molar-refractivity contribution in [2.75, 3.05) is 0 Å². The summed E-state index contributed by atoms with van der Waals surface area (Å²) >= 11 is 1.60. The first-order valence-corrected chi connectivity index (χ1v) is 18.1. The van der Waals surface area contributed by atoms with Crippen molar-refractivity contribution in [1.82, 2.24) is 0 Å². The van der Waals surface area contributed by atoms with E-state index < -0.39 is 0 Å². The Labute approximate surface area is 318 Å². The van der Waals surface area contributed by atoms with Gasteiger partial charge in [-0.05, 0) is 24.7 Å². The van der Waals surface area contributed by atoms with Crippen LogP contribution >= 0.6 is 0 Å². The van der Waals surface area contributed by atoms with E-state index in [9.17, 15) is 0 Å². The van der Waals surface area contributed by atoms with Gasteiger partial charge in [-0.25, -0.2) is 12.2 Å². The molecule has 0 heterocycles. The van der Waals surface area contributed by atoms with Crippen molar-refractivity contribution in [3.63, 3.8) is 0 Å². The van der Waals surface area contributed by atoms with Gasteiger partial charge in [0.05, 0.1) is 0 Å². The van der Waals surface area contributed by atoms with Crippen molar-refractivity contribution in [1.29, 1.82) is 0 Å². The molecule has 0 atom stereocenters. The van der Waals surface area contributed by atoms with Gasteiger partial charge in [0.1, 0.15) is 0 Å². The van der Waals surface area contributed by atoms with E-state index >= 15 is 0 Å². The summed E-state index contributed by atoms with van der Waals surface area (Å²) < 4.78 is 1.69. The van der Waals surface area contributed by atoms with E-state index in [-0.39, 0.29) is 35.6 Å². The fourth-order valence-corrected chi connectivity index (χ4v) is 6.91. The second-order valence-electron chi connectivity index (χ2n) is 14.7. The van der Waals surface area contributed by atoms with Gasteiger partial charge in [-0.1, -0.05) is 75.9 Å². The SMILES string of the molecule is Cc1cc2[cH-]c3cc(C)c(C(C)(C)C)cc3c2cc1C(C)(C)C.[C-]1=CC=CC1.[Cl-].[Cl-].[Zr+2]=[C](CCc1ccccc1)CCc1ccccc1. The molecule has 48 heavy (non-hydrogen) atoms. The van der Waals surface area contributed by atoms with Gasteiger partial charge >= 0.3 is 125 Å². The van der Waals surface area contributed by atoms with Gasteiger partial charge in [0.25, 0.3) is 0 Å². The zero-order valence-electron chi connectivity index (χ0n) is 30.2. The molecular formula is C45H52Cl2Zr-2. The molecule has 0 bridgehead atoms. The van der Waals surface area contributed by atoms with E-state index in [1.807, 2.05) is 12.2 Å². The number of fused-ring (bicyclic) bond motifs is 3. The van der Waals surface area contributed by atoms with Crippen molar-refractivity contribution < 1.29 is 49.0 Å². The molecule has 0 fully saturated rings. The van der Waals surface area contributed by atoms with Crippen molar-refractivity contribution in [2.24, 2.45) is 0 Å². The Morgan fingerprint density at radius 1 is 0.667 bits per heavy atom. The molecule has 5 aromatic carbocycles. The second-order valence-corrected chi connectivity index (χ2v) is 16.5. The van der Waals surface area contributed by atoms with Gasteiger partial charge in [-0.15, -0.1) is 46.2 Å². The number of benzene rings is 4. The van der Waals surface area contributed by atoms with Crippen molar-refractivity contribution in [3.05, 3.63) is 149 Å². The number of allylic oxidation sites excluding steroid dienone is 4. The molecule has 0 radical (unpaired) electrons. The molecule has 3 heteroatoms. The zero-order valence-corrected chi connectivity index (χ0v) is 34.2. The van der Waals surface area contributed by atoms with Crippen LogP contribution in [0.3, 0.4) is 0 Å². The van der Waals surface area contributed by atoms with Crippen LogP contribution in [0.15, 0.2) is 109 Å². The third-order valence-electron chi connectivity index (χ3n) is 8.71. The molecule has 0 spiro atoms. The number of rotatable bonds is 6. The molecular weight excluding hydrogens is 703 g/mol. The Balaban J connectivity index is 0.000000286. The number of halogens is 2. The first kappa shape index (κ1) is 41.7. The maximum atomic E-state index is 2.99. The quantitative estimate of drug-likeness (QED) is 0.181. The molecule has 0 nitrogen and oxygen atoms in total. The molecule has 1 aliphatic carbocycles. The summed E-state index contributed by atoms with van der Waals surface area (Å²) in [7, 11) is 0. The molecule has 0 unspecified atom stereocenters. The van der Waals surface area contributed by atoms with E-state index in [4.69, 9.17) is 0 Å². The van der Waals surface area contributed by atoms with Crippen LogP contribution in [0.5, 0.6) is 0 Å². The van der Waals surface area contributed by atoms with Gasteiger partial charge in [-0.2, -0.15) is 6.08 Å². The summed E-state index contributed by atoms with van der Waals surface area (Å²) in [5, 5.41) is 5.55. The Kier molecular flexibility index (Phi) is 16.6. The molecule has 0 saturated heterocycles. The Hall–Kier alpha value is -2.44. The van der Waals surface area contributed by atoms with E-state index in [0.717, 1.165) is 6.42 Å². The van der Waals surface area contributed by atoms with Gasteiger partial charge in [0.2, 0.25) is 0 Å². The summed E-state index contributed by atoms with van der Waals surface area (Å²) in [6, 6.07) is 33.5. The molecule has 0 aliphatic heterocycles. The summed E-state index contributed by atoms with van der Waals surface area (Å²) in [5.74, 6) is 0. The predicted octanol–water partition coefficient (Wildman–Crippen LogP) is 6.21. The van der Waals surface area contributed by atoms with Crippen LogP contribution in [0.25, 0.3) is 21.5 Å². The minimum atomic E-state index is 0. The fourth-order valence-electron chi connectivity index (χ4n) is 6.29. The van der Waals surface area contributed by atoms with Crippen LogP contribution in [0, 0.1) is 19.9 Å². The molecule has 1 aliphatic rings. The molecule has 0 N–H and O–H groups in total. The Morgan fingerprint density at radius 2 is 1.08 bits per heavy atom. The average molecular weight is 755 g/mol. The standard InChI is InChI=1S/C23H29.C17H18.C5H5.2ClH.Zr/c1-14-9-16-11-17-10-15(2)21(23(6,7)8)13-19(17)18(16)12-20(14)22(3,4)5;1-4-10-16(11-5-1)14-8-3-9-15-17-12-6-2-7-13-17;1-2-4-5-3-1;;;/h9-13H,1-8H3;1-2,4-7,10-13H,8-9,14-15H2;1-3H,4H2;2*1H;/q-1;;-1;;;+2/p-2. The van der Waals surface area contributed by atoms with Crippen LogP contribution in [0.2, 0.25) is 0 Å². The summed E-state index contributed by atoms with van der Waals surface area (Å²) in [6.45, 7) is 18.3. The summed E-state index contributed by atoms with van der Waals surface area (Å²) in [5.41, 5.74) is 8.97. The predicted molar refractivity (Wildman–Crippen MR) is 200 cm³/mol. The molecule has 0 amide bonds. The maximum absolute atomic E-state index is 2.99. The third-order valence-corrected chi connectivity index (χ3v) is 9.94. The molecule has 5 aromatic rings. The van der Waals surface area contributed by atoms with Crippen LogP contribution < -0.4 is 24.8 Å². The number of hydrogen-bond acceptors (Lipinski definition) is 0. The normalized spacial score (nSPS) is 12.0. The molecule has 0 saturated carbocycles. The van der Waals surface area contributed by atoms with Crippen LogP contribution in [-0.2, 0) is 47.9 Å². The first-order valence-electron chi connectivity index (χ1n) is 16.8. The van der Waals surface area contributed by atoms with Crippen LogP contribution in [0.1, 0.15) is 94.2 Å². The van der Waals surface area contributed by atoms with Gasteiger partial charge in [-0.3, -0.25) is 6.08 Å². The van der Waals surface area contributed by atoms with Gasteiger partial charge in [0.15, 0.2) is 0 Å².